The number of hydrogen-bond donors (Lipinski definition) is 2. The number of aliphatic hydroxyl groups excluding tert-OH is 2. The van der Waals surface area contributed by atoms with Crippen LogP contribution in [0.2, 0.25) is 0 Å². The standard InChI is InChI=1S/C12H15NO4.C8H11NO2/c1-4-16-11(14)9-6-8(3)7-13-10(9)12(15)17-5-2;1-6-2-7(4-10)8(5-11)9-3-6/h6-7H,4-5H2,1-3H3;2-3,10-11H,4-5H2,1H3. The molecule has 8 nitrogen and oxygen atoms in total. The zero-order valence-corrected chi connectivity index (χ0v) is 16.6. The number of aryl methyl sites for hydroxylation is 2. The highest BCUT2D eigenvalue weighted by atomic mass is 16.5. The van der Waals surface area contributed by atoms with Crippen LogP contribution < -0.4 is 0 Å². The minimum absolute atomic E-state index is 0.00380. The minimum Gasteiger partial charge on any atom is -0.462 e. The number of hydrogen-bond acceptors (Lipinski definition) is 8. The summed E-state index contributed by atoms with van der Waals surface area (Å²) in [5, 5.41) is 17.6. The van der Waals surface area contributed by atoms with Crippen LogP contribution in [0.4, 0.5) is 0 Å². The maximum Gasteiger partial charge on any atom is 0.357 e. The molecule has 8 heteroatoms. The quantitative estimate of drug-likeness (QED) is 0.720. The van der Waals surface area contributed by atoms with Gasteiger partial charge in [-0.05, 0) is 44.9 Å². The molecule has 152 valence electrons. The highest BCUT2D eigenvalue weighted by Crippen LogP contribution is 2.12. The molecule has 2 aromatic heterocycles. The van der Waals surface area contributed by atoms with Crippen LogP contribution in [0.25, 0.3) is 0 Å². The second-order valence-corrected chi connectivity index (χ2v) is 5.78. The number of carbonyl (C=O) groups excluding carboxylic acids is 2. The van der Waals surface area contributed by atoms with E-state index >= 15 is 0 Å². The van der Waals surface area contributed by atoms with Crippen molar-refractivity contribution < 1.29 is 29.3 Å². The van der Waals surface area contributed by atoms with E-state index in [1.54, 1.807) is 33.0 Å². The molecule has 0 aliphatic rings. The molecule has 0 radical (unpaired) electrons. The van der Waals surface area contributed by atoms with Crippen LogP contribution in [0.15, 0.2) is 24.5 Å². The number of aliphatic hydroxyl groups is 2. The van der Waals surface area contributed by atoms with E-state index in [4.69, 9.17) is 19.7 Å². The number of aromatic nitrogens is 2. The highest BCUT2D eigenvalue weighted by molar-refractivity contribution is 6.01. The van der Waals surface area contributed by atoms with Crippen LogP contribution >= 0.6 is 0 Å². The normalized spacial score (nSPS) is 9.93. The van der Waals surface area contributed by atoms with Crippen molar-refractivity contribution in [1.82, 2.24) is 9.97 Å². The molecule has 0 aliphatic carbocycles. The Kier molecular flexibility index (Phi) is 9.76. The second-order valence-electron chi connectivity index (χ2n) is 5.78. The van der Waals surface area contributed by atoms with Crippen molar-refractivity contribution in [2.45, 2.75) is 40.9 Å². The summed E-state index contributed by atoms with van der Waals surface area (Å²) in [7, 11) is 0. The van der Waals surface area contributed by atoms with Crippen LogP contribution in [0.3, 0.4) is 0 Å². The number of nitrogens with zero attached hydrogens (tertiary/aromatic N) is 2. The Labute approximate surface area is 164 Å². The molecule has 0 aromatic carbocycles. The van der Waals surface area contributed by atoms with E-state index in [9.17, 15) is 9.59 Å². The minimum atomic E-state index is -0.615. The van der Waals surface area contributed by atoms with Crippen LogP contribution in [-0.4, -0.2) is 45.3 Å². The van der Waals surface area contributed by atoms with Gasteiger partial charge in [-0.3, -0.25) is 4.98 Å². The van der Waals surface area contributed by atoms with Gasteiger partial charge in [0.25, 0.3) is 0 Å². The number of pyridine rings is 2. The fraction of sp³-hybridized carbons (Fsp3) is 0.400. The van der Waals surface area contributed by atoms with Crippen molar-refractivity contribution in [3.8, 4) is 0 Å². The lowest BCUT2D eigenvalue weighted by molar-refractivity contribution is 0.0473. The first-order valence-corrected chi connectivity index (χ1v) is 8.84. The Hall–Kier alpha value is -2.84. The molecular formula is C20H26N2O6. The van der Waals surface area contributed by atoms with Crippen LogP contribution in [0.1, 0.15) is 57.1 Å². The first-order valence-electron chi connectivity index (χ1n) is 8.84. The molecule has 0 saturated carbocycles. The fourth-order valence-electron chi connectivity index (χ4n) is 2.23. The van der Waals surface area contributed by atoms with Gasteiger partial charge in [-0.25, -0.2) is 14.6 Å². The van der Waals surface area contributed by atoms with E-state index in [-0.39, 0.29) is 37.7 Å². The third kappa shape index (κ3) is 6.71. The molecule has 2 rings (SSSR count). The largest absolute Gasteiger partial charge is 0.462 e. The maximum atomic E-state index is 11.7. The van der Waals surface area contributed by atoms with E-state index in [1.807, 2.05) is 13.0 Å². The lowest BCUT2D eigenvalue weighted by atomic mass is 10.1. The summed E-state index contributed by atoms with van der Waals surface area (Å²) < 4.78 is 9.69. The predicted molar refractivity (Wildman–Crippen MR) is 102 cm³/mol. The van der Waals surface area contributed by atoms with E-state index < -0.39 is 11.9 Å². The summed E-state index contributed by atoms with van der Waals surface area (Å²) in [5.74, 6) is -1.18. The summed E-state index contributed by atoms with van der Waals surface area (Å²) in [6.45, 7) is 7.37. The van der Waals surface area contributed by atoms with Gasteiger partial charge in [0.2, 0.25) is 0 Å². The van der Waals surface area contributed by atoms with E-state index in [2.05, 4.69) is 9.97 Å². The van der Waals surface area contributed by atoms with Gasteiger partial charge >= 0.3 is 11.9 Å². The third-order valence-electron chi connectivity index (χ3n) is 3.51. The number of esters is 2. The average Bonchev–Trinajstić information content (AvgIpc) is 2.68. The molecule has 0 fully saturated rings. The molecule has 28 heavy (non-hydrogen) atoms. The topological polar surface area (TPSA) is 119 Å². The first-order chi connectivity index (χ1) is 13.4. The summed E-state index contributed by atoms with van der Waals surface area (Å²) in [6.07, 6.45) is 3.18. The molecule has 2 heterocycles. The van der Waals surface area contributed by atoms with Crippen molar-refractivity contribution in [2.75, 3.05) is 13.2 Å². The highest BCUT2D eigenvalue weighted by Gasteiger charge is 2.20. The number of ether oxygens (including phenoxy) is 2. The zero-order valence-electron chi connectivity index (χ0n) is 16.6. The van der Waals surface area contributed by atoms with Gasteiger partial charge < -0.3 is 19.7 Å². The monoisotopic (exact) mass is 390 g/mol. The maximum absolute atomic E-state index is 11.7. The van der Waals surface area contributed by atoms with E-state index in [0.717, 1.165) is 11.1 Å². The molecule has 2 aromatic rings. The van der Waals surface area contributed by atoms with Gasteiger partial charge in [-0.2, -0.15) is 0 Å². The van der Waals surface area contributed by atoms with Crippen LogP contribution in [0.5, 0.6) is 0 Å². The molecule has 0 spiro atoms. The Balaban J connectivity index is 0.000000307. The Morgan fingerprint density at radius 2 is 1.46 bits per heavy atom. The molecule has 2 N–H and O–H groups in total. The van der Waals surface area contributed by atoms with Gasteiger partial charge in [0.15, 0.2) is 5.69 Å². The lowest BCUT2D eigenvalue weighted by Gasteiger charge is -2.07. The van der Waals surface area contributed by atoms with Gasteiger partial charge in [0, 0.05) is 18.0 Å². The first kappa shape index (κ1) is 23.2. The summed E-state index contributed by atoms with van der Waals surface area (Å²) in [4.78, 5) is 31.1. The smallest absolute Gasteiger partial charge is 0.357 e. The Bertz CT molecular complexity index is 807. The van der Waals surface area contributed by atoms with E-state index in [0.29, 0.717) is 11.3 Å². The van der Waals surface area contributed by atoms with Crippen molar-refractivity contribution >= 4 is 11.9 Å². The van der Waals surface area contributed by atoms with Gasteiger partial charge in [-0.15, -0.1) is 0 Å². The Morgan fingerprint density at radius 3 is 2.04 bits per heavy atom. The van der Waals surface area contributed by atoms with Crippen molar-refractivity contribution in [3.63, 3.8) is 0 Å². The van der Waals surface area contributed by atoms with Crippen LogP contribution in [-0.2, 0) is 22.7 Å². The molecule has 0 saturated heterocycles. The van der Waals surface area contributed by atoms with Gasteiger partial charge in [-0.1, -0.05) is 6.07 Å². The summed E-state index contributed by atoms with van der Waals surface area (Å²) in [6, 6.07) is 3.38. The molecule has 0 unspecified atom stereocenters. The third-order valence-corrected chi connectivity index (χ3v) is 3.51. The predicted octanol–water partition coefficient (Wildman–Crippen LogP) is 2.12. The fourth-order valence-corrected chi connectivity index (χ4v) is 2.23. The average molecular weight is 390 g/mol. The molecule has 0 aliphatic heterocycles. The van der Waals surface area contributed by atoms with Gasteiger partial charge in [0.05, 0.1) is 37.7 Å². The molecule has 0 atom stereocenters. The second kappa shape index (κ2) is 11.8. The molecular weight excluding hydrogens is 364 g/mol. The lowest BCUT2D eigenvalue weighted by Crippen LogP contribution is -2.16. The van der Waals surface area contributed by atoms with E-state index in [1.165, 1.54) is 6.20 Å². The zero-order chi connectivity index (χ0) is 21.1. The summed E-state index contributed by atoms with van der Waals surface area (Å²) in [5.41, 5.74) is 3.17. The summed E-state index contributed by atoms with van der Waals surface area (Å²) >= 11 is 0. The Morgan fingerprint density at radius 1 is 0.893 bits per heavy atom. The van der Waals surface area contributed by atoms with Gasteiger partial charge in [0.1, 0.15) is 0 Å². The number of rotatable bonds is 6. The van der Waals surface area contributed by atoms with Crippen molar-refractivity contribution in [3.05, 3.63) is 58.2 Å². The number of carbonyl (C=O) groups is 2. The van der Waals surface area contributed by atoms with Crippen molar-refractivity contribution in [2.24, 2.45) is 0 Å². The van der Waals surface area contributed by atoms with Crippen molar-refractivity contribution in [1.29, 1.82) is 0 Å². The SMILES string of the molecule is CCOC(=O)c1cc(C)cnc1C(=O)OCC.Cc1cnc(CO)c(CO)c1. The molecule has 0 bridgehead atoms. The molecule has 0 amide bonds. The van der Waals surface area contributed by atoms with Crippen LogP contribution in [0, 0.1) is 13.8 Å².